The van der Waals surface area contributed by atoms with E-state index in [1.165, 1.54) is 11.3 Å². The molecular formula is C9H15NO2S. The normalized spacial score (nSPS) is 13.6. The Morgan fingerprint density at radius 3 is 2.77 bits per heavy atom. The number of aliphatic hydroxyl groups excluding tert-OH is 1. The van der Waals surface area contributed by atoms with E-state index in [0.29, 0.717) is 6.61 Å². The number of ether oxygens (including phenoxy) is 1. The highest BCUT2D eigenvalue weighted by atomic mass is 32.1. The highest BCUT2D eigenvalue weighted by Crippen LogP contribution is 2.20. The summed E-state index contributed by atoms with van der Waals surface area (Å²) in [5, 5.41) is 10.6. The molecule has 1 unspecified atom stereocenters. The van der Waals surface area contributed by atoms with Gasteiger partial charge in [-0.1, -0.05) is 0 Å². The van der Waals surface area contributed by atoms with Crippen LogP contribution in [0.2, 0.25) is 0 Å². The molecule has 74 valence electrons. The van der Waals surface area contributed by atoms with Gasteiger partial charge in [0, 0.05) is 6.20 Å². The molecule has 1 N–H and O–H groups in total. The van der Waals surface area contributed by atoms with Crippen molar-refractivity contribution in [1.82, 2.24) is 4.98 Å². The van der Waals surface area contributed by atoms with Crippen molar-refractivity contribution in [3.63, 3.8) is 0 Å². The van der Waals surface area contributed by atoms with Crippen LogP contribution in [-0.4, -0.2) is 22.8 Å². The lowest BCUT2D eigenvalue weighted by atomic mass is 10.3. The molecule has 3 nitrogen and oxygen atoms in total. The summed E-state index contributed by atoms with van der Waals surface area (Å²) < 4.78 is 5.30. The van der Waals surface area contributed by atoms with Crippen molar-refractivity contribution >= 4 is 11.3 Å². The van der Waals surface area contributed by atoms with Crippen LogP contribution in [0.5, 0.6) is 0 Å². The summed E-state index contributed by atoms with van der Waals surface area (Å²) in [6.45, 7) is 6.17. The number of thiazole rings is 1. The molecule has 1 rings (SSSR count). The van der Waals surface area contributed by atoms with Crippen LogP contribution in [0.4, 0.5) is 0 Å². The van der Waals surface area contributed by atoms with Crippen LogP contribution in [0.1, 0.15) is 29.8 Å². The van der Waals surface area contributed by atoms with Gasteiger partial charge >= 0.3 is 0 Å². The zero-order chi connectivity index (χ0) is 9.84. The summed E-state index contributed by atoms with van der Waals surface area (Å²) in [7, 11) is 0. The van der Waals surface area contributed by atoms with Gasteiger partial charge in [0.05, 0.1) is 22.6 Å². The number of rotatable bonds is 4. The summed E-state index contributed by atoms with van der Waals surface area (Å²) >= 11 is 1.51. The smallest absolute Gasteiger partial charge is 0.113 e. The summed E-state index contributed by atoms with van der Waals surface area (Å²) in [5.74, 6) is 0. The molecule has 0 aliphatic heterocycles. The zero-order valence-corrected chi connectivity index (χ0v) is 8.97. The fraction of sp³-hybridized carbons (Fsp3) is 0.667. The molecule has 0 aliphatic carbocycles. The molecule has 0 aromatic carbocycles. The van der Waals surface area contributed by atoms with Crippen molar-refractivity contribution in [3.8, 4) is 0 Å². The summed E-state index contributed by atoms with van der Waals surface area (Å²) in [6.07, 6.45) is 1.33. The number of hydrogen-bond donors (Lipinski definition) is 1. The molecule has 0 aliphatic rings. The lowest BCUT2D eigenvalue weighted by Crippen LogP contribution is -2.10. The van der Waals surface area contributed by atoms with Gasteiger partial charge in [0.1, 0.15) is 6.10 Å². The van der Waals surface area contributed by atoms with Crippen molar-refractivity contribution in [3.05, 3.63) is 16.1 Å². The molecule has 0 saturated heterocycles. The summed E-state index contributed by atoms with van der Waals surface area (Å²) in [6, 6.07) is 0. The Morgan fingerprint density at radius 2 is 2.31 bits per heavy atom. The number of aromatic nitrogens is 1. The minimum Gasteiger partial charge on any atom is -0.385 e. The molecule has 4 heteroatoms. The molecule has 0 saturated carbocycles. The lowest BCUT2D eigenvalue weighted by Gasteiger charge is -2.11. The molecule has 0 radical (unpaired) electrons. The van der Waals surface area contributed by atoms with Crippen LogP contribution >= 0.6 is 11.3 Å². The second kappa shape index (κ2) is 4.69. The van der Waals surface area contributed by atoms with Crippen molar-refractivity contribution in [2.75, 3.05) is 6.61 Å². The van der Waals surface area contributed by atoms with Crippen molar-refractivity contribution in [2.45, 2.75) is 33.0 Å². The van der Waals surface area contributed by atoms with Crippen LogP contribution in [0.15, 0.2) is 6.20 Å². The van der Waals surface area contributed by atoms with Crippen LogP contribution in [0, 0.1) is 6.92 Å². The number of aliphatic hydroxyl groups is 1. The number of hydrogen-bond acceptors (Lipinski definition) is 4. The predicted molar refractivity (Wildman–Crippen MR) is 52.9 cm³/mol. The molecule has 0 spiro atoms. The second-order valence-corrected chi connectivity index (χ2v) is 4.45. The fourth-order valence-corrected chi connectivity index (χ4v) is 1.65. The van der Waals surface area contributed by atoms with Crippen molar-refractivity contribution in [2.24, 2.45) is 0 Å². The van der Waals surface area contributed by atoms with Crippen LogP contribution in [0.25, 0.3) is 0 Å². The first kappa shape index (κ1) is 10.6. The van der Waals surface area contributed by atoms with Gasteiger partial charge < -0.3 is 9.84 Å². The third-order valence-corrected chi connectivity index (χ3v) is 2.57. The van der Waals surface area contributed by atoms with Crippen LogP contribution in [-0.2, 0) is 4.74 Å². The van der Waals surface area contributed by atoms with Gasteiger partial charge in [0.25, 0.3) is 0 Å². The van der Waals surface area contributed by atoms with Gasteiger partial charge in [-0.05, 0) is 20.8 Å². The van der Waals surface area contributed by atoms with E-state index < -0.39 is 6.10 Å². The van der Waals surface area contributed by atoms with Crippen molar-refractivity contribution < 1.29 is 9.84 Å². The van der Waals surface area contributed by atoms with Gasteiger partial charge in [0.15, 0.2) is 0 Å². The Labute approximate surface area is 82.4 Å². The monoisotopic (exact) mass is 201 g/mol. The maximum Gasteiger partial charge on any atom is 0.113 e. The first-order valence-corrected chi connectivity index (χ1v) is 5.13. The molecular weight excluding hydrogens is 186 g/mol. The van der Waals surface area contributed by atoms with E-state index in [-0.39, 0.29) is 6.10 Å². The third kappa shape index (κ3) is 3.42. The van der Waals surface area contributed by atoms with E-state index in [9.17, 15) is 5.11 Å². The Bertz CT molecular complexity index is 260. The average molecular weight is 201 g/mol. The van der Waals surface area contributed by atoms with Gasteiger partial charge in [-0.2, -0.15) is 0 Å². The molecule has 1 aromatic heterocycles. The molecule has 1 aromatic rings. The second-order valence-electron chi connectivity index (χ2n) is 3.18. The Kier molecular flexibility index (Phi) is 3.84. The van der Waals surface area contributed by atoms with E-state index in [1.54, 1.807) is 6.20 Å². The Hall–Kier alpha value is -0.450. The van der Waals surface area contributed by atoms with E-state index >= 15 is 0 Å². The lowest BCUT2D eigenvalue weighted by molar-refractivity contribution is 0.00626. The summed E-state index contributed by atoms with van der Waals surface area (Å²) in [5.41, 5.74) is 0. The Morgan fingerprint density at radius 1 is 1.62 bits per heavy atom. The van der Waals surface area contributed by atoms with Gasteiger partial charge in [-0.15, -0.1) is 11.3 Å². The van der Waals surface area contributed by atoms with Crippen LogP contribution < -0.4 is 0 Å². The zero-order valence-electron chi connectivity index (χ0n) is 8.15. The SMILES string of the molecule is Cc1ncc(C(O)COC(C)C)s1. The third-order valence-electron chi connectivity index (χ3n) is 1.56. The molecule has 0 bridgehead atoms. The average Bonchev–Trinajstić information content (AvgIpc) is 2.47. The minimum absolute atomic E-state index is 0.156. The standard InChI is InChI=1S/C9H15NO2S/c1-6(2)12-5-8(11)9-4-10-7(3)13-9/h4,6,8,11H,5H2,1-3H3. The first-order valence-electron chi connectivity index (χ1n) is 4.31. The predicted octanol–water partition coefficient (Wildman–Crippen LogP) is 1.91. The summed E-state index contributed by atoms with van der Waals surface area (Å²) in [4.78, 5) is 4.94. The largest absolute Gasteiger partial charge is 0.385 e. The topological polar surface area (TPSA) is 42.4 Å². The number of nitrogens with zero attached hydrogens (tertiary/aromatic N) is 1. The van der Waals surface area contributed by atoms with Gasteiger partial charge in [-0.25, -0.2) is 4.98 Å². The highest BCUT2D eigenvalue weighted by molar-refractivity contribution is 7.11. The molecule has 0 fully saturated rings. The van der Waals surface area contributed by atoms with Crippen molar-refractivity contribution in [1.29, 1.82) is 0 Å². The van der Waals surface area contributed by atoms with E-state index in [2.05, 4.69) is 4.98 Å². The Balaban J connectivity index is 2.44. The first-order chi connectivity index (χ1) is 6.09. The quantitative estimate of drug-likeness (QED) is 0.809. The van der Waals surface area contributed by atoms with Crippen LogP contribution in [0.3, 0.4) is 0 Å². The van der Waals surface area contributed by atoms with E-state index in [1.807, 2.05) is 20.8 Å². The fourth-order valence-electron chi connectivity index (χ4n) is 0.898. The highest BCUT2D eigenvalue weighted by Gasteiger charge is 2.11. The molecule has 1 heterocycles. The molecule has 1 atom stereocenters. The van der Waals surface area contributed by atoms with E-state index in [4.69, 9.17) is 4.74 Å². The van der Waals surface area contributed by atoms with Gasteiger partial charge in [0.2, 0.25) is 0 Å². The van der Waals surface area contributed by atoms with Gasteiger partial charge in [-0.3, -0.25) is 0 Å². The number of aryl methyl sites for hydroxylation is 1. The molecule has 13 heavy (non-hydrogen) atoms. The molecule has 0 amide bonds. The maximum absolute atomic E-state index is 9.63. The maximum atomic E-state index is 9.63. The minimum atomic E-state index is -0.534. The van der Waals surface area contributed by atoms with E-state index in [0.717, 1.165) is 9.88 Å².